The summed E-state index contributed by atoms with van der Waals surface area (Å²) in [6.45, 7) is -0.880. The Bertz CT molecular complexity index is 1400. The smallest absolute Gasteiger partial charge is 0.417 e. The zero-order valence-electron chi connectivity index (χ0n) is 18.2. The summed E-state index contributed by atoms with van der Waals surface area (Å²) in [5.41, 5.74) is -1.05. The topological polar surface area (TPSA) is 106 Å². The number of amides is 1. The molecule has 1 amide bonds. The quantitative estimate of drug-likeness (QED) is 0.405. The molecule has 0 aliphatic rings. The van der Waals surface area contributed by atoms with Crippen molar-refractivity contribution in [1.82, 2.24) is 4.98 Å². The summed E-state index contributed by atoms with van der Waals surface area (Å²) in [4.78, 5) is 27.8. The van der Waals surface area contributed by atoms with E-state index < -0.39 is 45.3 Å². The van der Waals surface area contributed by atoms with E-state index in [2.05, 4.69) is 10.3 Å². The zero-order valence-corrected chi connectivity index (χ0v) is 20.5. The predicted octanol–water partition coefficient (Wildman–Crippen LogP) is 5.03. The zero-order chi connectivity index (χ0) is 26.7. The first-order valence-electron chi connectivity index (χ1n) is 9.84. The van der Waals surface area contributed by atoms with Gasteiger partial charge in [-0.1, -0.05) is 41.4 Å². The van der Waals surface area contributed by atoms with Crippen molar-refractivity contribution in [3.63, 3.8) is 0 Å². The fraction of sp³-hybridized carbons (Fsp3) is 0.136. The van der Waals surface area contributed by atoms with Gasteiger partial charge in [-0.25, -0.2) is 18.2 Å². The van der Waals surface area contributed by atoms with Crippen LogP contribution in [0.5, 0.6) is 0 Å². The fourth-order valence-electron chi connectivity index (χ4n) is 2.82. The summed E-state index contributed by atoms with van der Waals surface area (Å²) < 4.78 is 70.0. The molecule has 0 saturated carbocycles. The first-order valence-corrected chi connectivity index (χ1v) is 12.0. The van der Waals surface area contributed by atoms with Gasteiger partial charge in [-0.3, -0.25) is 9.10 Å². The molecule has 0 saturated heterocycles. The molecule has 190 valence electrons. The average Bonchev–Trinajstić information content (AvgIpc) is 2.83. The lowest BCUT2D eigenvalue weighted by molar-refractivity contribution is -0.137. The first kappa shape index (κ1) is 27.2. The number of hydrogen-bond donors (Lipinski definition) is 1. The van der Waals surface area contributed by atoms with Crippen molar-refractivity contribution in [2.75, 3.05) is 23.3 Å². The van der Waals surface area contributed by atoms with Crippen LogP contribution in [0.2, 0.25) is 10.0 Å². The molecule has 8 nitrogen and oxygen atoms in total. The van der Waals surface area contributed by atoms with Crippen LogP contribution < -0.4 is 9.62 Å². The lowest BCUT2D eigenvalue weighted by Gasteiger charge is -2.20. The molecule has 0 bridgehead atoms. The number of ether oxygens (including phenoxy) is 1. The minimum Gasteiger partial charge on any atom is -0.452 e. The molecule has 3 rings (SSSR count). The maximum absolute atomic E-state index is 13.0. The highest BCUT2D eigenvalue weighted by atomic mass is 35.5. The van der Waals surface area contributed by atoms with E-state index in [9.17, 15) is 31.2 Å². The van der Waals surface area contributed by atoms with E-state index in [1.165, 1.54) is 19.2 Å². The molecule has 0 fully saturated rings. The fourth-order valence-corrected chi connectivity index (χ4v) is 4.45. The number of aromatic nitrogens is 1. The summed E-state index contributed by atoms with van der Waals surface area (Å²) in [5.74, 6) is -2.44. The number of alkyl halides is 3. The van der Waals surface area contributed by atoms with Gasteiger partial charge in [0.2, 0.25) is 0 Å². The van der Waals surface area contributed by atoms with Gasteiger partial charge in [0.25, 0.3) is 15.9 Å². The summed E-state index contributed by atoms with van der Waals surface area (Å²) in [6.07, 6.45) is -4.20. The van der Waals surface area contributed by atoms with E-state index in [-0.39, 0.29) is 21.3 Å². The van der Waals surface area contributed by atoms with Crippen LogP contribution in [0.4, 0.5) is 24.7 Å². The van der Waals surface area contributed by atoms with E-state index >= 15 is 0 Å². The van der Waals surface area contributed by atoms with E-state index in [4.69, 9.17) is 27.9 Å². The lowest BCUT2D eigenvalue weighted by atomic mass is 10.2. The molecule has 0 spiro atoms. The third-order valence-electron chi connectivity index (χ3n) is 4.70. The molecule has 1 heterocycles. The molecule has 0 radical (unpaired) electrons. The van der Waals surface area contributed by atoms with Gasteiger partial charge in [0.1, 0.15) is 0 Å². The highest BCUT2D eigenvalue weighted by Crippen LogP contribution is 2.32. The van der Waals surface area contributed by atoms with Gasteiger partial charge in [-0.2, -0.15) is 13.2 Å². The number of nitrogens with zero attached hydrogens (tertiary/aromatic N) is 2. The van der Waals surface area contributed by atoms with Gasteiger partial charge in [-0.15, -0.1) is 0 Å². The Balaban J connectivity index is 1.71. The monoisotopic (exact) mass is 561 g/mol. The molecule has 0 unspecified atom stereocenters. The maximum Gasteiger partial charge on any atom is 0.417 e. The van der Waals surface area contributed by atoms with Gasteiger partial charge in [0.05, 0.1) is 31.8 Å². The van der Waals surface area contributed by atoms with E-state index in [0.29, 0.717) is 18.0 Å². The largest absolute Gasteiger partial charge is 0.452 e. The number of benzene rings is 2. The number of carbonyl (C=O) groups is 2. The first-order chi connectivity index (χ1) is 16.8. The van der Waals surface area contributed by atoms with Crippen LogP contribution in [0.3, 0.4) is 0 Å². The van der Waals surface area contributed by atoms with Crippen molar-refractivity contribution in [1.29, 1.82) is 0 Å². The second-order valence-electron chi connectivity index (χ2n) is 7.13. The number of esters is 1. The summed E-state index contributed by atoms with van der Waals surface area (Å²) in [7, 11) is -2.74. The SMILES string of the molecule is CN(c1ccccc1)S(=O)(=O)c1ccc(Cl)c(C(=O)OCC(=O)Nc2ncc(C(F)(F)F)cc2Cl)c1. The third-order valence-corrected chi connectivity index (χ3v) is 7.10. The molecule has 2 aromatic carbocycles. The summed E-state index contributed by atoms with van der Waals surface area (Å²) >= 11 is 11.8. The molecule has 14 heteroatoms. The van der Waals surface area contributed by atoms with Crippen molar-refractivity contribution in [3.05, 3.63) is 82.0 Å². The number of carbonyl (C=O) groups excluding carboxylic acids is 2. The Kier molecular flexibility index (Phi) is 8.12. The van der Waals surface area contributed by atoms with E-state index in [0.717, 1.165) is 10.4 Å². The van der Waals surface area contributed by atoms with Crippen molar-refractivity contribution < 1.29 is 35.9 Å². The van der Waals surface area contributed by atoms with E-state index in [1.807, 2.05) is 0 Å². The van der Waals surface area contributed by atoms with Gasteiger partial charge < -0.3 is 10.1 Å². The summed E-state index contributed by atoms with van der Waals surface area (Å²) in [5, 5.41) is 1.51. The van der Waals surface area contributed by atoms with Crippen LogP contribution in [0, 0.1) is 0 Å². The highest BCUT2D eigenvalue weighted by Gasteiger charge is 2.32. The molecular formula is C22H16Cl2F3N3O5S. The Morgan fingerprint density at radius 1 is 1.06 bits per heavy atom. The Hall–Kier alpha value is -3.35. The van der Waals surface area contributed by atoms with Crippen LogP contribution >= 0.6 is 23.2 Å². The molecule has 1 N–H and O–H groups in total. The molecule has 0 aliphatic carbocycles. The van der Waals surface area contributed by atoms with Crippen molar-refractivity contribution in [2.45, 2.75) is 11.1 Å². The summed E-state index contributed by atoms with van der Waals surface area (Å²) in [6, 6.07) is 12.2. The average molecular weight is 562 g/mol. The molecule has 0 atom stereocenters. The molecular weight excluding hydrogens is 546 g/mol. The van der Waals surface area contributed by atoms with Crippen molar-refractivity contribution in [2.24, 2.45) is 0 Å². The van der Waals surface area contributed by atoms with Crippen molar-refractivity contribution in [3.8, 4) is 0 Å². The highest BCUT2D eigenvalue weighted by molar-refractivity contribution is 7.92. The van der Waals surface area contributed by atoms with Crippen LogP contribution in [-0.4, -0.2) is 38.9 Å². The molecule has 36 heavy (non-hydrogen) atoms. The minimum atomic E-state index is -4.67. The second-order valence-corrected chi connectivity index (χ2v) is 9.91. The van der Waals surface area contributed by atoms with E-state index in [1.54, 1.807) is 30.3 Å². The lowest BCUT2D eigenvalue weighted by Crippen LogP contribution is -2.27. The third kappa shape index (κ3) is 6.25. The number of hydrogen-bond acceptors (Lipinski definition) is 6. The number of anilines is 2. The number of nitrogens with one attached hydrogen (secondary N) is 1. The number of sulfonamides is 1. The number of para-hydroxylation sites is 1. The van der Waals surface area contributed by atoms with Crippen LogP contribution in [-0.2, 0) is 25.7 Å². The Labute approximate surface area is 213 Å². The van der Waals surface area contributed by atoms with Gasteiger partial charge in [0.15, 0.2) is 12.4 Å². The number of pyridine rings is 1. The minimum absolute atomic E-state index is 0.130. The standard InChI is InChI=1S/C22H16Cl2F3N3O5S/c1-30(14-5-3-2-4-6-14)36(33,34)15-7-8-17(23)16(10-15)21(32)35-12-19(31)29-20-18(24)9-13(11-28-20)22(25,26)27/h2-11H,12H2,1H3,(H,28,29,31). The predicted molar refractivity (Wildman–Crippen MR) is 127 cm³/mol. The Morgan fingerprint density at radius 3 is 2.33 bits per heavy atom. The normalized spacial score (nSPS) is 11.6. The van der Waals surface area contributed by atoms with Crippen molar-refractivity contribution >= 4 is 56.6 Å². The van der Waals surface area contributed by atoms with Crippen LogP contribution in [0.25, 0.3) is 0 Å². The maximum atomic E-state index is 13.0. The molecule has 1 aromatic heterocycles. The van der Waals surface area contributed by atoms with Gasteiger partial charge in [0, 0.05) is 13.2 Å². The second kappa shape index (κ2) is 10.7. The molecule has 0 aliphatic heterocycles. The van der Waals surface area contributed by atoms with Gasteiger partial charge >= 0.3 is 12.1 Å². The Morgan fingerprint density at radius 2 is 1.72 bits per heavy atom. The number of rotatable bonds is 7. The van der Waals surface area contributed by atoms with Crippen LogP contribution in [0.15, 0.2) is 65.7 Å². The van der Waals surface area contributed by atoms with Gasteiger partial charge in [-0.05, 0) is 36.4 Å². The molecule has 3 aromatic rings. The number of halogens is 5. The van der Waals surface area contributed by atoms with Crippen LogP contribution in [0.1, 0.15) is 15.9 Å².